The molecule has 1 aliphatic carbocycles. The smallest absolute Gasteiger partial charge is 0.233 e. The van der Waals surface area contributed by atoms with Crippen LogP contribution in [0.1, 0.15) is 27.2 Å². The van der Waals surface area contributed by atoms with Gasteiger partial charge in [-0.25, -0.2) is 0 Å². The van der Waals surface area contributed by atoms with Gasteiger partial charge in [-0.15, -0.1) is 0 Å². The second-order valence-corrected chi connectivity index (χ2v) is 4.23. The zero-order valence-corrected chi connectivity index (χ0v) is 10.2. The minimum atomic E-state index is -0.685. The molecule has 0 saturated heterocycles. The first kappa shape index (κ1) is 13.4. The van der Waals surface area contributed by atoms with Gasteiger partial charge in [0.15, 0.2) is 0 Å². The highest BCUT2D eigenvalue weighted by molar-refractivity contribution is 6.50. The number of hydrogen-bond donors (Lipinski definition) is 2. The average molecular weight is 236 g/mol. The van der Waals surface area contributed by atoms with Crippen LogP contribution in [0.3, 0.4) is 0 Å². The van der Waals surface area contributed by atoms with Crippen LogP contribution < -0.4 is 0 Å². The van der Waals surface area contributed by atoms with Crippen molar-refractivity contribution < 1.29 is 19.8 Å². The molecule has 0 aromatic carbocycles. The molecule has 0 aromatic rings. The molecule has 4 nitrogen and oxygen atoms in total. The SMILES string of the molecule is CC(C)=CCC1=C(O)C(CO)=C(C)C(=O)C1=O. The molecule has 0 aromatic heterocycles. The Hall–Kier alpha value is -1.68. The predicted molar refractivity (Wildman–Crippen MR) is 63.5 cm³/mol. The number of carbonyl (C=O) groups excluding carboxylic acids is 2. The molecule has 1 rings (SSSR count). The number of rotatable bonds is 3. The van der Waals surface area contributed by atoms with Crippen molar-refractivity contribution in [2.24, 2.45) is 0 Å². The van der Waals surface area contributed by atoms with E-state index in [2.05, 4.69) is 0 Å². The molecule has 0 saturated carbocycles. The van der Waals surface area contributed by atoms with Crippen LogP contribution in [-0.2, 0) is 9.59 Å². The number of aliphatic hydroxyl groups is 2. The summed E-state index contributed by atoms with van der Waals surface area (Å²) in [7, 11) is 0. The summed E-state index contributed by atoms with van der Waals surface area (Å²) in [6.45, 7) is 4.70. The molecule has 92 valence electrons. The maximum absolute atomic E-state index is 11.7. The van der Waals surface area contributed by atoms with E-state index < -0.39 is 18.2 Å². The van der Waals surface area contributed by atoms with E-state index in [1.807, 2.05) is 13.8 Å². The van der Waals surface area contributed by atoms with Crippen LogP contribution in [0.15, 0.2) is 34.1 Å². The Kier molecular flexibility index (Phi) is 4.02. The summed E-state index contributed by atoms with van der Waals surface area (Å²) in [5.74, 6) is -1.59. The highest BCUT2D eigenvalue weighted by atomic mass is 16.3. The fraction of sp³-hybridized carbons (Fsp3) is 0.385. The number of ketones is 2. The van der Waals surface area contributed by atoms with Crippen LogP contribution >= 0.6 is 0 Å². The monoisotopic (exact) mass is 236 g/mol. The van der Waals surface area contributed by atoms with Crippen LogP contribution in [0.2, 0.25) is 0 Å². The molecule has 0 aliphatic heterocycles. The van der Waals surface area contributed by atoms with Crippen LogP contribution in [-0.4, -0.2) is 28.4 Å². The third-order valence-electron chi connectivity index (χ3n) is 2.72. The highest BCUT2D eigenvalue weighted by Crippen LogP contribution is 2.26. The lowest BCUT2D eigenvalue weighted by atomic mass is 9.88. The first-order chi connectivity index (χ1) is 7.90. The zero-order valence-electron chi connectivity index (χ0n) is 10.2. The van der Waals surface area contributed by atoms with Gasteiger partial charge in [-0.1, -0.05) is 11.6 Å². The first-order valence-electron chi connectivity index (χ1n) is 5.35. The molecular formula is C13H16O4. The Morgan fingerprint density at radius 1 is 1.18 bits per heavy atom. The normalized spacial score (nSPS) is 16.7. The van der Waals surface area contributed by atoms with E-state index in [0.29, 0.717) is 0 Å². The lowest BCUT2D eigenvalue weighted by Crippen LogP contribution is -2.26. The Morgan fingerprint density at radius 3 is 2.24 bits per heavy atom. The van der Waals surface area contributed by atoms with Crippen molar-refractivity contribution >= 4 is 11.6 Å². The van der Waals surface area contributed by atoms with Crippen LogP contribution in [0, 0.1) is 0 Å². The minimum absolute atomic E-state index is 0.0610. The van der Waals surface area contributed by atoms with Gasteiger partial charge in [-0.3, -0.25) is 9.59 Å². The molecule has 0 spiro atoms. The van der Waals surface area contributed by atoms with Crippen molar-refractivity contribution in [3.05, 3.63) is 34.1 Å². The molecule has 1 aliphatic rings. The molecule has 0 heterocycles. The van der Waals surface area contributed by atoms with E-state index in [-0.39, 0.29) is 28.9 Å². The number of hydrogen-bond acceptors (Lipinski definition) is 4. The molecule has 0 atom stereocenters. The molecule has 0 bridgehead atoms. The zero-order chi connectivity index (χ0) is 13.2. The van der Waals surface area contributed by atoms with Gasteiger partial charge >= 0.3 is 0 Å². The number of Topliss-reactive ketones (excluding diaryl/α,β-unsaturated/α-hetero) is 2. The number of aliphatic hydroxyl groups excluding tert-OH is 2. The number of allylic oxidation sites excluding steroid dienone is 4. The Balaban J connectivity index is 3.25. The Morgan fingerprint density at radius 2 is 1.76 bits per heavy atom. The van der Waals surface area contributed by atoms with Gasteiger partial charge in [-0.05, 0) is 27.2 Å². The van der Waals surface area contributed by atoms with Gasteiger partial charge in [-0.2, -0.15) is 0 Å². The number of carbonyl (C=O) groups is 2. The summed E-state index contributed by atoms with van der Waals surface area (Å²) in [6, 6.07) is 0. The van der Waals surface area contributed by atoms with Gasteiger partial charge in [0.05, 0.1) is 6.61 Å². The van der Waals surface area contributed by atoms with E-state index in [4.69, 9.17) is 5.11 Å². The van der Waals surface area contributed by atoms with Gasteiger partial charge in [0, 0.05) is 16.7 Å². The highest BCUT2D eigenvalue weighted by Gasteiger charge is 2.31. The van der Waals surface area contributed by atoms with E-state index >= 15 is 0 Å². The maximum Gasteiger partial charge on any atom is 0.233 e. The van der Waals surface area contributed by atoms with Crippen molar-refractivity contribution in [1.29, 1.82) is 0 Å². The lowest BCUT2D eigenvalue weighted by Gasteiger charge is -2.17. The predicted octanol–water partition coefficient (Wildman–Crippen LogP) is 1.62. The van der Waals surface area contributed by atoms with E-state index in [1.54, 1.807) is 6.08 Å². The first-order valence-corrected chi connectivity index (χ1v) is 5.35. The van der Waals surface area contributed by atoms with Crippen LogP contribution in [0.25, 0.3) is 0 Å². The summed E-state index contributed by atoms with van der Waals surface area (Å²) in [5, 5.41) is 19.0. The lowest BCUT2D eigenvalue weighted by molar-refractivity contribution is -0.132. The average Bonchev–Trinajstić information content (AvgIpc) is 2.26. The van der Waals surface area contributed by atoms with Crippen molar-refractivity contribution in [2.75, 3.05) is 6.61 Å². The fourth-order valence-electron chi connectivity index (χ4n) is 1.60. The fourth-order valence-corrected chi connectivity index (χ4v) is 1.60. The minimum Gasteiger partial charge on any atom is -0.507 e. The van der Waals surface area contributed by atoms with Crippen molar-refractivity contribution in [3.8, 4) is 0 Å². The van der Waals surface area contributed by atoms with Crippen molar-refractivity contribution in [3.63, 3.8) is 0 Å². The topological polar surface area (TPSA) is 74.6 Å². The van der Waals surface area contributed by atoms with Gasteiger partial charge in [0.1, 0.15) is 5.76 Å². The molecule has 0 fully saturated rings. The Bertz CT molecular complexity index is 460. The Labute approximate surface area is 100.0 Å². The van der Waals surface area contributed by atoms with Crippen LogP contribution in [0.4, 0.5) is 0 Å². The van der Waals surface area contributed by atoms with Gasteiger partial charge in [0.2, 0.25) is 11.6 Å². The molecule has 0 unspecified atom stereocenters. The van der Waals surface area contributed by atoms with Crippen LogP contribution in [0.5, 0.6) is 0 Å². The summed E-state index contributed by atoms with van der Waals surface area (Å²) >= 11 is 0. The summed E-state index contributed by atoms with van der Waals surface area (Å²) in [6.07, 6.45) is 1.96. The summed E-state index contributed by atoms with van der Waals surface area (Å²) in [4.78, 5) is 23.3. The summed E-state index contributed by atoms with van der Waals surface area (Å²) in [5.41, 5.74) is 1.32. The molecule has 17 heavy (non-hydrogen) atoms. The molecule has 2 N–H and O–H groups in total. The second-order valence-electron chi connectivity index (χ2n) is 4.23. The molecule has 4 heteroatoms. The second kappa shape index (κ2) is 5.10. The molecule has 0 radical (unpaired) electrons. The standard InChI is InChI=1S/C13H16O4/c1-7(2)4-5-9-12(16)10(6-14)8(3)11(15)13(9)17/h4,14,16H,5-6H2,1-3H3. The molecule has 0 amide bonds. The van der Waals surface area contributed by atoms with E-state index in [0.717, 1.165) is 5.57 Å². The van der Waals surface area contributed by atoms with E-state index in [1.165, 1.54) is 6.92 Å². The maximum atomic E-state index is 11.7. The summed E-state index contributed by atoms with van der Waals surface area (Å²) < 4.78 is 0. The molecular weight excluding hydrogens is 220 g/mol. The van der Waals surface area contributed by atoms with Crippen molar-refractivity contribution in [1.82, 2.24) is 0 Å². The van der Waals surface area contributed by atoms with Gasteiger partial charge in [0.25, 0.3) is 0 Å². The van der Waals surface area contributed by atoms with Crippen molar-refractivity contribution in [2.45, 2.75) is 27.2 Å². The third-order valence-corrected chi connectivity index (χ3v) is 2.72. The largest absolute Gasteiger partial charge is 0.507 e. The van der Waals surface area contributed by atoms with E-state index in [9.17, 15) is 14.7 Å². The third kappa shape index (κ3) is 2.53. The quantitative estimate of drug-likeness (QED) is 0.443. The van der Waals surface area contributed by atoms with Gasteiger partial charge < -0.3 is 10.2 Å².